The van der Waals surface area contributed by atoms with Crippen molar-refractivity contribution < 1.29 is 0 Å². The molecule has 1 aliphatic carbocycles. The third-order valence-corrected chi connectivity index (χ3v) is 3.12. The van der Waals surface area contributed by atoms with Crippen LogP contribution < -0.4 is 5.32 Å². The van der Waals surface area contributed by atoms with Crippen molar-refractivity contribution in [3.8, 4) is 0 Å². The molecule has 0 aliphatic heterocycles. The lowest BCUT2D eigenvalue weighted by molar-refractivity contribution is 0.565. The molecule has 0 aromatic carbocycles. The van der Waals surface area contributed by atoms with Gasteiger partial charge in [0, 0.05) is 29.4 Å². The van der Waals surface area contributed by atoms with E-state index in [1.54, 1.807) is 0 Å². The largest absolute Gasteiger partial charge is 0.310 e. The predicted molar refractivity (Wildman–Crippen MR) is 67.5 cm³/mol. The van der Waals surface area contributed by atoms with Gasteiger partial charge in [-0.25, -0.2) is 0 Å². The van der Waals surface area contributed by atoms with Crippen molar-refractivity contribution in [3.05, 3.63) is 29.1 Å². The topological polar surface area (TPSA) is 24.9 Å². The van der Waals surface area contributed by atoms with Gasteiger partial charge in [0.15, 0.2) is 0 Å². The van der Waals surface area contributed by atoms with Gasteiger partial charge in [-0.15, -0.1) is 0 Å². The molecule has 1 N–H and O–H groups in total. The Kier molecular flexibility index (Phi) is 3.02. The summed E-state index contributed by atoms with van der Waals surface area (Å²) in [5, 5.41) is 3.53. The molecular formula is C14H22N2. The normalized spacial score (nSPS) is 16.5. The first-order valence-corrected chi connectivity index (χ1v) is 6.17. The highest BCUT2D eigenvalue weighted by molar-refractivity contribution is 5.25. The maximum atomic E-state index is 4.70. The molecule has 0 saturated heterocycles. The number of rotatable bonds is 3. The summed E-state index contributed by atoms with van der Waals surface area (Å²) in [4.78, 5) is 4.70. The first-order valence-electron chi connectivity index (χ1n) is 6.17. The lowest BCUT2D eigenvalue weighted by Gasteiger charge is -2.19. The summed E-state index contributed by atoms with van der Waals surface area (Å²) in [5.74, 6) is 0. The minimum Gasteiger partial charge on any atom is -0.310 e. The molecule has 2 nitrogen and oxygen atoms in total. The highest BCUT2D eigenvalue weighted by Gasteiger charge is 2.21. The van der Waals surface area contributed by atoms with Crippen molar-refractivity contribution >= 4 is 0 Å². The minimum atomic E-state index is 0.146. The zero-order chi connectivity index (χ0) is 11.8. The van der Waals surface area contributed by atoms with E-state index in [9.17, 15) is 0 Å². The van der Waals surface area contributed by atoms with Crippen LogP contribution in [0.1, 0.15) is 50.6 Å². The van der Waals surface area contributed by atoms with Crippen LogP contribution in [-0.2, 0) is 12.0 Å². The van der Waals surface area contributed by atoms with Gasteiger partial charge in [-0.3, -0.25) is 4.98 Å². The van der Waals surface area contributed by atoms with E-state index >= 15 is 0 Å². The van der Waals surface area contributed by atoms with Gasteiger partial charge in [-0.05, 0) is 31.4 Å². The molecule has 2 heteroatoms. The van der Waals surface area contributed by atoms with Gasteiger partial charge in [0.05, 0.1) is 0 Å². The molecule has 1 aromatic rings. The van der Waals surface area contributed by atoms with Crippen LogP contribution in [0.3, 0.4) is 0 Å². The SMILES string of the molecule is Cc1nc(C(C)(C)C)ccc1CNC1CC1. The van der Waals surface area contributed by atoms with Crippen molar-refractivity contribution in [1.82, 2.24) is 10.3 Å². The third-order valence-electron chi connectivity index (χ3n) is 3.12. The molecule has 0 spiro atoms. The van der Waals surface area contributed by atoms with Gasteiger partial charge in [0.25, 0.3) is 0 Å². The van der Waals surface area contributed by atoms with Crippen LogP contribution in [0, 0.1) is 6.92 Å². The number of hydrogen-bond donors (Lipinski definition) is 1. The molecule has 1 aliphatic rings. The minimum absolute atomic E-state index is 0.146. The molecule has 16 heavy (non-hydrogen) atoms. The summed E-state index contributed by atoms with van der Waals surface area (Å²) in [6.07, 6.45) is 2.68. The summed E-state index contributed by atoms with van der Waals surface area (Å²) in [5.41, 5.74) is 3.83. The molecule has 1 fully saturated rings. The highest BCUT2D eigenvalue weighted by atomic mass is 14.9. The maximum absolute atomic E-state index is 4.70. The molecule has 0 radical (unpaired) electrons. The van der Waals surface area contributed by atoms with Crippen molar-refractivity contribution in [1.29, 1.82) is 0 Å². The van der Waals surface area contributed by atoms with Crippen molar-refractivity contribution in [2.75, 3.05) is 0 Å². The number of aryl methyl sites for hydroxylation is 1. The summed E-state index contributed by atoms with van der Waals surface area (Å²) < 4.78 is 0. The maximum Gasteiger partial charge on any atom is 0.0460 e. The molecule has 0 atom stereocenters. The quantitative estimate of drug-likeness (QED) is 0.843. The standard InChI is InChI=1S/C14H22N2/c1-10-11(9-15-12-6-7-12)5-8-13(16-10)14(2,3)4/h5,8,12,15H,6-7,9H2,1-4H3. The first-order chi connectivity index (χ1) is 7.47. The second kappa shape index (κ2) is 4.17. The van der Waals surface area contributed by atoms with Crippen molar-refractivity contribution in [3.63, 3.8) is 0 Å². The van der Waals surface area contributed by atoms with Gasteiger partial charge in [-0.1, -0.05) is 26.8 Å². The van der Waals surface area contributed by atoms with E-state index in [2.05, 4.69) is 45.1 Å². The fourth-order valence-electron chi connectivity index (χ4n) is 1.74. The van der Waals surface area contributed by atoms with Crippen LogP contribution >= 0.6 is 0 Å². The zero-order valence-electron chi connectivity index (χ0n) is 10.8. The fourth-order valence-corrected chi connectivity index (χ4v) is 1.74. The van der Waals surface area contributed by atoms with E-state index in [4.69, 9.17) is 4.98 Å². The molecule has 0 unspecified atom stereocenters. The Hall–Kier alpha value is -0.890. The smallest absolute Gasteiger partial charge is 0.0460 e. The van der Waals surface area contributed by atoms with E-state index in [0.29, 0.717) is 0 Å². The third kappa shape index (κ3) is 2.82. The van der Waals surface area contributed by atoms with Crippen molar-refractivity contribution in [2.24, 2.45) is 0 Å². The number of pyridine rings is 1. The van der Waals surface area contributed by atoms with Crippen LogP contribution in [0.5, 0.6) is 0 Å². The van der Waals surface area contributed by atoms with Crippen LogP contribution in [0.4, 0.5) is 0 Å². The highest BCUT2D eigenvalue weighted by Crippen LogP contribution is 2.22. The summed E-state index contributed by atoms with van der Waals surface area (Å²) >= 11 is 0. The Morgan fingerprint density at radius 3 is 2.50 bits per heavy atom. The van der Waals surface area contributed by atoms with E-state index in [1.807, 2.05) is 0 Å². The lowest BCUT2D eigenvalue weighted by Crippen LogP contribution is -2.18. The Morgan fingerprint density at radius 2 is 2.00 bits per heavy atom. The van der Waals surface area contributed by atoms with Gasteiger partial charge in [0.1, 0.15) is 0 Å². The van der Waals surface area contributed by atoms with Gasteiger partial charge >= 0.3 is 0 Å². The molecule has 0 amide bonds. The molecular weight excluding hydrogens is 196 g/mol. The van der Waals surface area contributed by atoms with E-state index < -0.39 is 0 Å². The van der Waals surface area contributed by atoms with E-state index in [-0.39, 0.29) is 5.41 Å². The number of aromatic nitrogens is 1. The van der Waals surface area contributed by atoms with E-state index in [0.717, 1.165) is 12.6 Å². The number of nitrogens with one attached hydrogen (secondary N) is 1. The monoisotopic (exact) mass is 218 g/mol. The van der Waals surface area contributed by atoms with Crippen LogP contribution in [0.2, 0.25) is 0 Å². The van der Waals surface area contributed by atoms with Gasteiger partial charge in [0.2, 0.25) is 0 Å². The Morgan fingerprint density at radius 1 is 1.31 bits per heavy atom. The van der Waals surface area contributed by atoms with Gasteiger partial charge in [-0.2, -0.15) is 0 Å². The Labute approximate surface area is 98.5 Å². The molecule has 1 aromatic heterocycles. The summed E-state index contributed by atoms with van der Waals surface area (Å²) in [7, 11) is 0. The number of nitrogens with zero attached hydrogens (tertiary/aromatic N) is 1. The van der Waals surface area contributed by atoms with Crippen molar-refractivity contribution in [2.45, 2.75) is 58.5 Å². The van der Waals surface area contributed by atoms with Crippen LogP contribution in [0.15, 0.2) is 12.1 Å². The van der Waals surface area contributed by atoms with Gasteiger partial charge < -0.3 is 5.32 Å². The summed E-state index contributed by atoms with van der Waals surface area (Å²) in [6.45, 7) is 9.69. The fraction of sp³-hybridized carbons (Fsp3) is 0.643. The first kappa shape index (κ1) is 11.6. The second-order valence-corrected chi connectivity index (χ2v) is 5.85. The lowest BCUT2D eigenvalue weighted by atomic mass is 9.91. The molecule has 1 heterocycles. The summed E-state index contributed by atoms with van der Waals surface area (Å²) in [6, 6.07) is 5.15. The predicted octanol–water partition coefficient (Wildman–Crippen LogP) is 2.94. The molecule has 88 valence electrons. The Bertz CT molecular complexity index is 373. The number of hydrogen-bond acceptors (Lipinski definition) is 2. The Balaban J connectivity index is 2.09. The average Bonchev–Trinajstić information content (AvgIpc) is 2.98. The molecule has 0 bridgehead atoms. The second-order valence-electron chi connectivity index (χ2n) is 5.85. The van der Waals surface area contributed by atoms with Crippen LogP contribution in [0.25, 0.3) is 0 Å². The molecule has 1 saturated carbocycles. The molecule has 2 rings (SSSR count). The van der Waals surface area contributed by atoms with Crippen LogP contribution in [-0.4, -0.2) is 11.0 Å². The average molecular weight is 218 g/mol. The van der Waals surface area contributed by atoms with E-state index in [1.165, 1.54) is 29.8 Å². The zero-order valence-corrected chi connectivity index (χ0v) is 10.8.